The Morgan fingerprint density at radius 3 is 2.90 bits per heavy atom. The molecule has 4 nitrogen and oxygen atoms in total. The molecule has 1 fully saturated rings. The van der Waals surface area contributed by atoms with Crippen LogP contribution < -0.4 is 5.32 Å². The van der Waals surface area contributed by atoms with E-state index in [1.807, 2.05) is 12.1 Å². The van der Waals surface area contributed by atoms with E-state index in [9.17, 15) is 4.39 Å². The van der Waals surface area contributed by atoms with Gasteiger partial charge in [0, 0.05) is 19.0 Å². The van der Waals surface area contributed by atoms with Crippen LogP contribution in [0.15, 0.2) is 30.6 Å². The fraction of sp³-hybridized carbons (Fsp3) is 0.467. The van der Waals surface area contributed by atoms with Crippen LogP contribution in [-0.4, -0.2) is 27.9 Å². The molecule has 1 unspecified atom stereocenters. The quantitative estimate of drug-likeness (QED) is 0.928. The largest absolute Gasteiger partial charge is 0.317 e. The summed E-state index contributed by atoms with van der Waals surface area (Å²) in [6.07, 6.45) is 5.02. The molecule has 1 aliphatic rings. The van der Waals surface area contributed by atoms with Gasteiger partial charge in [0.15, 0.2) is 0 Å². The van der Waals surface area contributed by atoms with Gasteiger partial charge in [-0.1, -0.05) is 12.1 Å². The minimum atomic E-state index is -0.188. The van der Waals surface area contributed by atoms with E-state index in [0.717, 1.165) is 37.4 Å². The van der Waals surface area contributed by atoms with E-state index in [0.29, 0.717) is 5.92 Å². The lowest BCUT2D eigenvalue weighted by Gasteiger charge is -2.22. The number of nitrogens with zero attached hydrogens (tertiary/aromatic N) is 3. The third-order valence-corrected chi connectivity index (χ3v) is 3.86. The predicted molar refractivity (Wildman–Crippen MR) is 75.0 cm³/mol. The fourth-order valence-electron chi connectivity index (χ4n) is 2.73. The first-order chi connectivity index (χ1) is 9.83. The van der Waals surface area contributed by atoms with Crippen LogP contribution in [0, 0.1) is 5.82 Å². The molecule has 0 amide bonds. The van der Waals surface area contributed by atoms with Gasteiger partial charge in [-0.2, -0.15) is 0 Å². The monoisotopic (exact) mass is 274 g/mol. The maximum atomic E-state index is 12.9. The first-order valence-corrected chi connectivity index (χ1v) is 7.16. The Kier molecular flexibility index (Phi) is 4.06. The molecule has 0 saturated carbocycles. The van der Waals surface area contributed by atoms with E-state index in [4.69, 9.17) is 0 Å². The number of nitrogens with one attached hydrogen (secondary N) is 1. The van der Waals surface area contributed by atoms with Crippen LogP contribution in [0.5, 0.6) is 0 Å². The van der Waals surface area contributed by atoms with Crippen molar-refractivity contribution in [1.82, 2.24) is 20.1 Å². The summed E-state index contributed by atoms with van der Waals surface area (Å²) in [5, 5.41) is 11.7. The van der Waals surface area contributed by atoms with Gasteiger partial charge < -0.3 is 9.88 Å². The molecular weight excluding hydrogens is 255 g/mol. The molecule has 1 atom stereocenters. The summed E-state index contributed by atoms with van der Waals surface area (Å²) in [4.78, 5) is 0. The molecule has 20 heavy (non-hydrogen) atoms. The number of hydrogen-bond acceptors (Lipinski definition) is 3. The van der Waals surface area contributed by atoms with Crippen molar-refractivity contribution in [1.29, 1.82) is 0 Å². The summed E-state index contributed by atoms with van der Waals surface area (Å²) in [7, 11) is 0. The summed E-state index contributed by atoms with van der Waals surface area (Å²) >= 11 is 0. The summed E-state index contributed by atoms with van der Waals surface area (Å²) in [6.45, 7) is 2.92. The molecule has 1 N–H and O–H groups in total. The number of piperidine rings is 1. The number of halogens is 1. The van der Waals surface area contributed by atoms with Gasteiger partial charge in [-0.15, -0.1) is 10.2 Å². The van der Waals surface area contributed by atoms with Crippen molar-refractivity contribution < 1.29 is 4.39 Å². The summed E-state index contributed by atoms with van der Waals surface area (Å²) in [6, 6.07) is 6.68. The molecule has 1 aliphatic heterocycles. The minimum Gasteiger partial charge on any atom is -0.317 e. The van der Waals surface area contributed by atoms with Crippen LogP contribution in [0.1, 0.15) is 30.1 Å². The van der Waals surface area contributed by atoms with Crippen LogP contribution in [0.2, 0.25) is 0 Å². The minimum absolute atomic E-state index is 0.188. The second kappa shape index (κ2) is 6.13. The normalized spacial score (nSPS) is 19.1. The van der Waals surface area contributed by atoms with Crippen LogP contribution in [0.25, 0.3) is 0 Å². The van der Waals surface area contributed by atoms with Gasteiger partial charge >= 0.3 is 0 Å². The highest BCUT2D eigenvalue weighted by Gasteiger charge is 2.20. The van der Waals surface area contributed by atoms with Gasteiger partial charge in [-0.3, -0.25) is 0 Å². The maximum Gasteiger partial charge on any atom is 0.137 e. The van der Waals surface area contributed by atoms with Gasteiger partial charge in [0.2, 0.25) is 0 Å². The molecule has 0 radical (unpaired) electrons. The third kappa shape index (κ3) is 3.04. The van der Waals surface area contributed by atoms with Gasteiger partial charge in [0.25, 0.3) is 0 Å². The number of aromatic nitrogens is 3. The standard InChI is InChI=1S/C15H19FN4/c16-14-5-3-12(4-6-14)7-9-20-11-18-19-15(20)13-2-1-8-17-10-13/h3-6,11,13,17H,1-2,7-10H2. The molecule has 5 heteroatoms. The lowest BCUT2D eigenvalue weighted by atomic mass is 9.99. The SMILES string of the molecule is Fc1ccc(CCn2cnnc2C2CCCNC2)cc1. The Morgan fingerprint density at radius 1 is 1.30 bits per heavy atom. The molecule has 1 aromatic carbocycles. The average Bonchev–Trinajstić information content (AvgIpc) is 2.96. The molecule has 2 aromatic rings. The Labute approximate surface area is 118 Å². The first-order valence-electron chi connectivity index (χ1n) is 7.16. The number of aryl methyl sites for hydroxylation is 2. The van der Waals surface area contributed by atoms with Crippen LogP contribution in [-0.2, 0) is 13.0 Å². The van der Waals surface area contributed by atoms with Gasteiger partial charge in [0.05, 0.1) is 0 Å². The first kappa shape index (κ1) is 13.2. The van der Waals surface area contributed by atoms with E-state index < -0.39 is 0 Å². The van der Waals surface area contributed by atoms with E-state index in [1.165, 1.54) is 25.0 Å². The van der Waals surface area contributed by atoms with Crippen molar-refractivity contribution in [2.75, 3.05) is 13.1 Å². The number of hydrogen-bond donors (Lipinski definition) is 1. The predicted octanol–water partition coefficient (Wildman–Crippen LogP) is 2.13. The zero-order valence-electron chi connectivity index (χ0n) is 11.4. The molecule has 0 bridgehead atoms. The second-order valence-electron chi connectivity index (χ2n) is 5.30. The van der Waals surface area contributed by atoms with Gasteiger partial charge in [-0.05, 0) is 43.5 Å². The summed E-state index contributed by atoms with van der Waals surface area (Å²) in [5.74, 6) is 1.34. The summed E-state index contributed by atoms with van der Waals surface area (Å²) < 4.78 is 15.0. The molecular formula is C15H19FN4. The Morgan fingerprint density at radius 2 is 2.15 bits per heavy atom. The highest BCUT2D eigenvalue weighted by molar-refractivity contribution is 5.16. The van der Waals surface area contributed by atoms with Crippen LogP contribution in [0.4, 0.5) is 4.39 Å². The number of benzene rings is 1. The number of rotatable bonds is 4. The highest BCUT2D eigenvalue weighted by Crippen LogP contribution is 2.21. The zero-order valence-corrected chi connectivity index (χ0v) is 11.4. The van der Waals surface area contributed by atoms with Gasteiger partial charge in [0.1, 0.15) is 18.0 Å². The van der Waals surface area contributed by atoms with Crippen LogP contribution >= 0.6 is 0 Å². The molecule has 1 saturated heterocycles. The van der Waals surface area contributed by atoms with E-state index >= 15 is 0 Å². The van der Waals surface area contributed by atoms with Crippen molar-refractivity contribution in [3.63, 3.8) is 0 Å². The van der Waals surface area contributed by atoms with Crippen molar-refractivity contribution in [2.45, 2.75) is 31.7 Å². The van der Waals surface area contributed by atoms with E-state index in [1.54, 1.807) is 6.33 Å². The van der Waals surface area contributed by atoms with E-state index in [2.05, 4.69) is 20.1 Å². The molecule has 1 aromatic heterocycles. The lowest BCUT2D eigenvalue weighted by molar-refractivity contribution is 0.431. The van der Waals surface area contributed by atoms with Crippen LogP contribution in [0.3, 0.4) is 0 Å². The lowest BCUT2D eigenvalue weighted by Crippen LogP contribution is -2.30. The Balaban J connectivity index is 1.65. The smallest absolute Gasteiger partial charge is 0.137 e. The van der Waals surface area contributed by atoms with Crippen molar-refractivity contribution in [3.8, 4) is 0 Å². The Hall–Kier alpha value is -1.75. The molecule has 2 heterocycles. The maximum absolute atomic E-state index is 12.9. The second-order valence-corrected chi connectivity index (χ2v) is 5.30. The molecule has 0 spiro atoms. The van der Waals surface area contributed by atoms with Crippen molar-refractivity contribution in [2.24, 2.45) is 0 Å². The van der Waals surface area contributed by atoms with Gasteiger partial charge in [-0.25, -0.2) is 4.39 Å². The molecule has 0 aliphatic carbocycles. The Bertz CT molecular complexity index is 543. The fourth-order valence-corrected chi connectivity index (χ4v) is 2.73. The average molecular weight is 274 g/mol. The highest BCUT2D eigenvalue weighted by atomic mass is 19.1. The topological polar surface area (TPSA) is 42.7 Å². The zero-order chi connectivity index (χ0) is 13.8. The van der Waals surface area contributed by atoms with Crippen molar-refractivity contribution >= 4 is 0 Å². The summed E-state index contributed by atoms with van der Waals surface area (Å²) in [5.41, 5.74) is 1.13. The van der Waals surface area contributed by atoms with E-state index in [-0.39, 0.29) is 5.82 Å². The molecule has 106 valence electrons. The molecule has 3 rings (SSSR count). The van der Waals surface area contributed by atoms with Crippen molar-refractivity contribution in [3.05, 3.63) is 47.8 Å². The third-order valence-electron chi connectivity index (χ3n) is 3.86.